The second-order valence-electron chi connectivity index (χ2n) is 4.77. The van der Waals surface area contributed by atoms with Gasteiger partial charge in [0.15, 0.2) is 0 Å². The minimum atomic E-state index is 0.254. The number of hydrogen-bond acceptors (Lipinski definition) is 2. The lowest BCUT2D eigenvalue weighted by atomic mass is 9.89. The van der Waals surface area contributed by atoms with Crippen LogP contribution in [0.1, 0.15) is 44.3 Å². The molecular formula is C13H21N3O. The summed E-state index contributed by atoms with van der Waals surface area (Å²) in [6.07, 6.45) is 11.3. The predicted octanol–water partition coefficient (Wildman–Crippen LogP) is 2.04. The highest BCUT2D eigenvalue weighted by Crippen LogP contribution is 2.23. The Morgan fingerprint density at radius 2 is 2.24 bits per heavy atom. The predicted molar refractivity (Wildman–Crippen MR) is 66.5 cm³/mol. The maximum atomic E-state index is 11.8. The van der Waals surface area contributed by atoms with E-state index < -0.39 is 0 Å². The van der Waals surface area contributed by atoms with Gasteiger partial charge in [0.1, 0.15) is 5.82 Å². The topological polar surface area (TPSA) is 57.8 Å². The number of imidazole rings is 1. The Morgan fingerprint density at radius 1 is 1.41 bits per heavy atom. The number of aromatic amines is 1. The van der Waals surface area contributed by atoms with Crippen LogP contribution in [0.5, 0.6) is 0 Å². The van der Waals surface area contributed by atoms with Crippen molar-refractivity contribution < 1.29 is 4.79 Å². The minimum Gasteiger partial charge on any atom is -0.356 e. The van der Waals surface area contributed by atoms with Crippen LogP contribution >= 0.6 is 0 Å². The lowest BCUT2D eigenvalue weighted by Crippen LogP contribution is -2.32. The first kappa shape index (κ1) is 12.1. The third-order valence-electron chi connectivity index (χ3n) is 3.42. The van der Waals surface area contributed by atoms with E-state index in [-0.39, 0.29) is 11.8 Å². The smallest absolute Gasteiger partial charge is 0.223 e. The van der Waals surface area contributed by atoms with Crippen LogP contribution in [0.3, 0.4) is 0 Å². The molecule has 4 heteroatoms. The van der Waals surface area contributed by atoms with Crippen LogP contribution in [0.2, 0.25) is 0 Å². The van der Waals surface area contributed by atoms with E-state index >= 15 is 0 Å². The summed E-state index contributed by atoms with van der Waals surface area (Å²) in [5.41, 5.74) is 0. The molecule has 1 fully saturated rings. The van der Waals surface area contributed by atoms with Gasteiger partial charge in [0.2, 0.25) is 5.91 Å². The average Bonchev–Trinajstić information content (AvgIpc) is 2.88. The molecule has 0 spiro atoms. The Labute approximate surface area is 102 Å². The molecule has 0 unspecified atom stereocenters. The van der Waals surface area contributed by atoms with E-state index in [9.17, 15) is 4.79 Å². The molecule has 0 aromatic carbocycles. The first-order valence-corrected chi connectivity index (χ1v) is 6.62. The van der Waals surface area contributed by atoms with E-state index in [2.05, 4.69) is 15.3 Å². The van der Waals surface area contributed by atoms with Crippen molar-refractivity contribution >= 4 is 5.91 Å². The molecule has 4 nitrogen and oxygen atoms in total. The van der Waals surface area contributed by atoms with Crippen LogP contribution < -0.4 is 5.32 Å². The Bertz CT molecular complexity index is 328. The molecule has 94 valence electrons. The van der Waals surface area contributed by atoms with E-state index in [1.54, 1.807) is 6.20 Å². The molecule has 1 aliphatic carbocycles. The van der Waals surface area contributed by atoms with E-state index in [4.69, 9.17) is 0 Å². The largest absolute Gasteiger partial charge is 0.356 e. The van der Waals surface area contributed by atoms with Crippen molar-refractivity contribution in [2.45, 2.75) is 44.9 Å². The lowest BCUT2D eigenvalue weighted by Gasteiger charge is -2.20. The molecule has 2 rings (SSSR count). The number of hydrogen-bond donors (Lipinski definition) is 2. The normalized spacial score (nSPS) is 16.9. The lowest BCUT2D eigenvalue weighted by molar-refractivity contribution is -0.125. The van der Waals surface area contributed by atoms with Crippen LogP contribution in [0, 0.1) is 5.92 Å². The summed E-state index contributed by atoms with van der Waals surface area (Å²) in [5.74, 6) is 1.52. The third kappa shape index (κ3) is 3.88. The van der Waals surface area contributed by atoms with Gasteiger partial charge in [0.05, 0.1) is 0 Å². The van der Waals surface area contributed by atoms with Crippen molar-refractivity contribution in [3.8, 4) is 0 Å². The third-order valence-corrected chi connectivity index (χ3v) is 3.42. The number of H-pyrrole nitrogens is 1. The first-order valence-electron chi connectivity index (χ1n) is 6.62. The van der Waals surface area contributed by atoms with Crippen molar-refractivity contribution in [1.82, 2.24) is 15.3 Å². The van der Waals surface area contributed by atoms with Gasteiger partial charge >= 0.3 is 0 Å². The second-order valence-corrected chi connectivity index (χ2v) is 4.77. The number of carbonyl (C=O) groups excluding carboxylic acids is 1. The summed E-state index contributed by atoms with van der Waals surface area (Å²) in [5, 5.41) is 3.03. The van der Waals surface area contributed by atoms with E-state index in [1.807, 2.05) is 6.20 Å². The maximum Gasteiger partial charge on any atom is 0.223 e. The number of amides is 1. The zero-order valence-corrected chi connectivity index (χ0v) is 10.2. The van der Waals surface area contributed by atoms with Gasteiger partial charge in [-0.05, 0) is 19.3 Å². The number of rotatable bonds is 5. The molecule has 1 aromatic rings. The molecule has 1 aliphatic rings. The fraction of sp³-hybridized carbons (Fsp3) is 0.692. The minimum absolute atomic E-state index is 0.254. The summed E-state index contributed by atoms with van der Waals surface area (Å²) >= 11 is 0. The number of nitrogens with zero attached hydrogens (tertiary/aromatic N) is 1. The molecule has 17 heavy (non-hydrogen) atoms. The van der Waals surface area contributed by atoms with Crippen molar-refractivity contribution in [3.05, 3.63) is 18.2 Å². The quantitative estimate of drug-likeness (QED) is 0.767. The van der Waals surface area contributed by atoms with Gasteiger partial charge in [0.25, 0.3) is 0 Å². The molecule has 1 saturated carbocycles. The molecule has 0 radical (unpaired) electrons. The van der Waals surface area contributed by atoms with Crippen molar-refractivity contribution in [3.63, 3.8) is 0 Å². The van der Waals surface area contributed by atoms with Gasteiger partial charge in [-0.1, -0.05) is 19.3 Å². The van der Waals surface area contributed by atoms with Gasteiger partial charge in [-0.3, -0.25) is 4.79 Å². The van der Waals surface area contributed by atoms with E-state index in [1.165, 1.54) is 19.3 Å². The molecule has 0 saturated heterocycles. The number of carbonyl (C=O) groups is 1. The summed E-state index contributed by atoms with van der Waals surface area (Å²) in [4.78, 5) is 19.0. The van der Waals surface area contributed by atoms with Crippen molar-refractivity contribution in [2.24, 2.45) is 5.92 Å². The van der Waals surface area contributed by atoms with E-state index in [0.717, 1.165) is 38.1 Å². The zero-order chi connectivity index (χ0) is 11.9. The van der Waals surface area contributed by atoms with Gasteiger partial charge in [-0.2, -0.15) is 0 Å². The molecule has 1 aromatic heterocycles. The van der Waals surface area contributed by atoms with Crippen LogP contribution in [0.15, 0.2) is 12.4 Å². The maximum absolute atomic E-state index is 11.8. The summed E-state index contributed by atoms with van der Waals surface area (Å²) in [6.45, 7) is 0.760. The fourth-order valence-corrected chi connectivity index (χ4v) is 2.41. The Morgan fingerprint density at radius 3 is 2.94 bits per heavy atom. The monoisotopic (exact) mass is 235 g/mol. The first-order chi connectivity index (χ1) is 8.36. The van der Waals surface area contributed by atoms with Crippen LogP contribution in [0.25, 0.3) is 0 Å². The van der Waals surface area contributed by atoms with Gasteiger partial charge in [0, 0.05) is 31.3 Å². The van der Waals surface area contributed by atoms with Gasteiger partial charge in [-0.25, -0.2) is 4.98 Å². The molecule has 1 heterocycles. The summed E-state index contributed by atoms with van der Waals surface area (Å²) in [6, 6.07) is 0. The molecule has 0 aliphatic heterocycles. The molecule has 2 N–H and O–H groups in total. The van der Waals surface area contributed by atoms with Crippen molar-refractivity contribution in [2.75, 3.05) is 6.54 Å². The van der Waals surface area contributed by atoms with Gasteiger partial charge in [-0.15, -0.1) is 0 Å². The Hall–Kier alpha value is -1.32. The summed E-state index contributed by atoms with van der Waals surface area (Å²) in [7, 11) is 0. The molecular weight excluding hydrogens is 214 g/mol. The molecule has 0 atom stereocenters. The van der Waals surface area contributed by atoms with Crippen LogP contribution in [-0.4, -0.2) is 22.4 Å². The average molecular weight is 235 g/mol. The number of nitrogens with one attached hydrogen (secondary N) is 2. The molecule has 0 bridgehead atoms. The highest BCUT2D eigenvalue weighted by molar-refractivity contribution is 5.78. The standard InChI is InChI=1S/C13H21N3O/c17-13(11-5-2-1-3-6-11)16-8-4-7-12-14-9-10-15-12/h9-11H,1-8H2,(H,14,15)(H,16,17). The van der Waals surface area contributed by atoms with Crippen molar-refractivity contribution in [1.29, 1.82) is 0 Å². The number of aromatic nitrogens is 2. The molecule has 1 amide bonds. The fourth-order valence-electron chi connectivity index (χ4n) is 2.41. The zero-order valence-electron chi connectivity index (χ0n) is 10.2. The van der Waals surface area contributed by atoms with E-state index in [0.29, 0.717) is 0 Å². The highest BCUT2D eigenvalue weighted by Gasteiger charge is 2.20. The Balaban J connectivity index is 1.59. The van der Waals surface area contributed by atoms with Crippen LogP contribution in [0.4, 0.5) is 0 Å². The number of aryl methyl sites for hydroxylation is 1. The van der Waals surface area contributed by atoms with Gasteiger partial charge < -0.3 is 10.3 Å². The SMILES string of the molecule is O=C(NCCCc1ncc[nH]1)C1CCCCC1. The Kier molecular flexibility index (Phi) is 4.59. The summed E-state index contributed by atoms with van der Waals surface area (Å²) < 4.78 is 0. The second kappa shape index (κ2) is 6.42. The van der Waals surface area contributed by atoms with Crippen LogP contribution in [-0.2, 0) is 11.2 Å². The highest BCUT2D eigenvalue weighted by atomic mass is 16.1.